The monoisotopic (exact) mass is 260 g/mol. The van der Waals surface area contributed by atoms with Crippen LogP contribution in [0, 0.1) is 0 Å². The molecule has 19 heavy (non-hydrogen) atoms. The Morgan fingerprint density at radius 1 is 1.47 bits per heavy atom. The van der Waals surface area contributed by atoms with Gasteiger partial charge in [0.05, 0.1) is 11.6 Å². The van der Waals surface area contributed by atoms with Crippen LogP contribution in [-0.4, -0.2) is 35.8 Å². The lowest BCUT2D eigenvalue weighted by Crippen LogP contribution is -2.20. The number of benzene rings is 1. The Kier molecular flexibility index (Phi) is 3.97. The molecule has 1 atom stereocenters. The number of carbonyl (C=O) groups is 1. The maximum Gasteiger partial charge on any atom is 0.339 e. The third kappa shape index (κ3) is 3.00. The van der Waals surface area contributed by atoms with Gasteiger partial charge in [-0.2, -0.15) is 0 Å². The molecule has 0 radical (unpaired) electrons. The molecule has 0 bridgehead atoms. The number of aromatic nitrogens is 1. The molecule has 0 spiro atoms. The molecular weight excluding hydrogens is 244 g/mol. The number of carboxylic acid groups (broad SMARTS) is 1. The lowest BCUT2D eigenvalue weighted by atomic mass is 10.1. The van der Waals surface area contributed by atoms with Crippen LogP contribution in [0.2, 0.25) is 0 Å². The number of nitrogens with zero attached hydrogens (tertiary/aromatic N) is 1. The highest BCUT2D eigenvalue weighted by molar-refractivity contribution is 5.98. The summed E-state index contributed by atoms with van der Waals surface area (Å²) in [7, 11) is 1.61. The summed E-state index contributed by atoms with van der Waals surface area (Å²) in [4.78, 5) is 15.6. The van der Waals surface area contributed by atoms with E-state index in [1.54, 1.807) is 13.2 Å². The molecule has 1 heterocycles. The van der Waals surface area contributed by atoms with Gasteiger partial charge in [-0.3, -0.25) is 0 Å². The van der Waals surface area contributed by atoms with Crippen LogP contribution in [0.4, 0.5) is 5.82 Å². The number of aromatic carboxylic acids is 1. The number of nitrogens with one attached hydrogen (secondary N) is 1. The Hall–Kier alpha value is -2.14. The van der Waals surface area contributed by atoms with Crippen molar-refractivity contribution in [2.45, 2.75) is 13.0 Å². The molecule has 0 saturated heterocycles. The van der Waals surface area contributed by atoms with E-state index in [4.69, 9.17) is 4.74 Å². The van der Waals surface area contributed by atoms with Gasteiger partial charge in [-0.15, -0.1) is 0 Å². The highest BCUT2D eigenvalue weighted by Gasteiger charge is 2.13. The summed E-state index contributed by atoms with van der Waals surface area (Å²) in [6.07, 6.45) is -0.0186. The zero-order chi connectivity index (χ0) is 13.8. The van der Waals surface area contributed by atoms with Crippen LogP contribution >= 0.6 is 0 Å². The summed E-state index contributed by atoms with van der Waals surface area (Å²) in [5, 5.41) is 13.1. The molecule has 2 N–H and O–H groups in total. The van der Waals surface area contributed by atoms with Gasteiger partial charge in [0.25, 0.3) is 0 Å². The number of pyridine rings is 1. The maximum atomic E-state index is 11.3. The minimum atomic E-state index is -0.995. The van der Waals surface area contributed by atoms with Gasteiger partial charge in [0, 0.05) is 19.0 Å². The summed E-state index contributed by atoms with van der Waals surface area (Å²) in [6.45, 7) is 2.40. The number of ether oxygens (including phenoxy) is 1. The average molecular weight is 260 g/mol. The quantitative estimate of drug-likeness (QED) is 0.863. The Morgan fingerprint density at radius 2 is 2.21 bits per heavy atom. The molecule has 0 amide bonds. The Morgan fingerprint density at radius 3 is 2.89 bits per heavy atom. The number of rotatable bonds is 5. The van der Waals surface area contributed by atoms with Crippen molar-refractivity contribution >= 4 is 22.7 Å². The third-order valence-corrected chi connectivity index (χ3v) is 2.91. The summed E-state index contributed by atoms with van der Waals surface area (Å²) in [6, 6.07) is 9.06. The molecule has 0 saturated carbocycles. The standard InChI is InChI=1S/C14H16N2O3/c1-9(19-2)8-15-13-11(14(17)18)7-10-5-3-4-6-12(10)16-13/h3-7,9H,8H2,1-2H3,(H,15,16)(H,17,18). The fourth-order valence-electron chi connectivity index (χ4n) is 1.74. The van der Waals surface area contributed by atoms with E-state index < -0.39 is 5.97 Å². The van der Waals surface area contributed by atoms with Gasteiger partial charge in [-0.25, -0.2) is 9.78 Å². The second-order valence-corrected chi connectivity index (χ2v) is 4.31. The maximum absolute atomic E-state index is 11.3. The first-order valence-corrected chi connectivity index (χ1v) is 6.01. The fraction of sp³-hybridized carbons (Fsp3) is 0.286. The SMILES string of the molecule is COC(C)CNc1nc2ccccc2cc1C(=O)O. The van der Waals surface area contributed by atoms with E-state index in [1.165, 1.54) is 0 Å². The van der Waals surface area contributed by atoms with Crippen LogP contribution in [0.25, 0.3) is 10.9 Å². The minimum Gasteiger partial charge on any atom is -0.478 e. The van der Waals surface area contributed by atoms with Gasteiger partial charge in [0.1, 0.15) is 11.4 Å². The summed E-state index contributed by atoms with van der Waals surface area (Å²) in [5.74, 6) is -0.624. The van der Waals surface area contributed by atoms with E-state index in [1.807, 2.05) is 31.2 Å². The zero-order valence-electron chi connectivity index (χ0n) is 10.9. The molecule has 100 valence electrons. The fourth-order valence-corrected chi connectivity index (χ4v) is 1.74. The third-order valence-electron chi connectivity index (χ3n) is 2.91. The summed E-state index contributed by atoms with van der Waals surface area (Å²) >= 11 is 0. The molecule has 1 aromatic heterocycles. The zero-order valence-corrected chi connectivity index (χ0v) is 10.9. The van der Waals surface area contributed by atoms with Crippen molar-refractivity contribution in [3.05, 3.63) is 35.9 Å². The molecule has 5 heteroatoms. The van der Waals surface area contributed by atoms with Gasteiger partial charge >= 0.3 is 5.97 Å². The lowest BCUT2D eigenvalue weighted by molar-refractivity contribution is 0.0697. The number of para-hydroxylation sites is 1. The first kappa shape index (κ1) is 13.3. The molecule has 2 aromatic rings. The minimum absolute atomic E-state index is 0.0186. The van der Waals surface area contributed by atoms with Crippen LogP contribution in [0.15, 0.2) is 30.3 Å². The van der Waals surface area contributed by atoms with Gasteiger partial charge in [-0.1, -0.05) is 18.2 Å². The van der Waals surface area contributed by atoms with Crippen LogP contribution in [0.3, 0.4) is 0 Å². The molecule has 0 aliphatic carbocycles. The number of anilines is 1. The van der Waals surface area contributed by atoms with Crippen molar-refractivity contribution in [2.24, 2.45) is 0 Å². The van der Waals surface area contributed by atoms with E-state index in [0.717, 1.165) is 10.9 Å². The predicted octanol–water partition coefficient (Wildman–Crippen LogP) is 2.38. The van der Waals surface area contributed by atoms with Crippen molar-refractivity contribution < 1.29 is 14.6 Å². The largest absolute Gasteiger partial charge is 0.478 e. The Balaban J connectivity index is 2.39. The second kappa shape index (κ2) is 5.67. The van der Waals surface area contributed by atoms with E-state index in [-0.39, 0.29) is 11.7 Å². The van der Waals surface area contributed by atoms with Crippen LogP contribution in [0.1, 0.15) is 17.3 Å². The van der Waals surface area contributed by atoms with Gasteiger partial charge in [-0.05, 0) is 19.1 Å². The van der Waals surface area contributed by atoms with Crippen LogP contribution in [-0.2, 0) is 4.74 Å². The second-order valence-electron chi connectivity index (χ2n) is 4.31. The number of methoxy groups -OCH3 is 1. The molecule has 0 aliphatic rings. The van der Waals surface area contributed by atoms with Crippen molar-refractivity contribution in [3.8, 4) is 0 Å². The highest BCUT2D eigenvalue weighted by atomic mass is 16.5. The molecule has 1 aromatic carbocycles. The molecule has 0 fully saturated rings. The van der Waals surface area contributed by atoms with Crippen molar-refractivity contribution in [2.75, 3.05) is 19.0 Å². The Bertz CT molecular complexity index is 598. The molecular formula is C14H16N2O3. The first-order valence-electron chi connectivity index (χ1n) is 6.01. The van der Waals surface area contributed by atoms with Gasteiger partial charge in [0.15, 0.2) is 0 Å². The first-order chi connectivity index (χ1) is 9.11. The number of fused-ring (bicyclic) bond motifs is 1. The average Bonchev–Trinajstić information content (AvgIpc) is 2.43. The number of hydrogen-bond acceptors (Lipinski definition) is 4. The van der Waals surface area contributed by atoms with E-state index in [2.05, 4.69) is 10.3 Å². The predicted molar refractivity (Wildman–Crippen MR) is 73.7 cm³/mol. The molecule has 1 unspecified atom stereocenters. The highest BCUT2D eigenvalue weighted by Crippen LogP contribution is 2.20. The topological polar surface area (TPSA) is 71.5 Å². The molecule has 0 aliphatic heterocycles. The smallest absolute Gasteiger partial charge is 0.339 e. The van der Waals surface area contributed by atoms with E-state index in [0.29, 0.717) is 12.4 Å². The van der Waals surface area contributed by atoms with E-state index >= 15 is 0 Å². The number of carboxylic acids is 1. The summed E-state index contributed by atoms with van der Waals surface area (Å²) < 4.78 is 5.12. The number of hydrogen-bond donors (Lipinski definition) is 2. The lowest BCUT2D eigenvalue weighted by Gasteiger charge is -2.13. The Labute approximate surface area is 111 Å². The van der Waals surface area contributed by atoms with Crippen molar-refractivity contribution in [3.63, 3.8) is 0 Å². The van der Waals surface area contributed by atoms with E-state index in [9.17, 15) is 9.90 Å². The molecule has 2 rings (SSSR count). The molecule has 5 nitrogen and oxygen atoms in total. The summed E-state index contributed by atoms with van der Waals surface area (Å²) in [5.41, 5.74) is 0.932. The van der Waals surface area contributed by atoms with Crippen LogP contribution in [0.5, 0.6) is 0 Å². The van der Waals surface area contributed by atoms with Crippen molar-refractivity contribution in [1.82, 2.24) is 4.98 Å². The van der Waals surface area contributed by atoms with Gasteiger partial charge in [0.2, 0.25) is 0 Å². The normalized spacial score (nSPS) is 12.3. The van der Waals surface area contributed by atoms with Crippen LogP contribution < -0.4 is 5.32 Å². The van der Waals surface area contributed by atoms with Gasteiger partial charge < -0.3 is 15.2 Å². The van der Waals surface area contributed by atoms with Crippen molar-refractivity contribution in [1.29, 1.82) is 0 Å².